The number of hydrogen-bond acceptors (Lipinski definition) is 5. The standard InChI is InChI=1S/C70H119N2O6P/c1-6-8-10-12-14-16-18-20-22-24-25-26-27-28-29-30-31-32-33-34-35-36-37-38-39-40-41-42-43-44-45-46-47-48-50-52-54-56-58-60-62-64-70(74)71-68(67-78-79(75,76)77-66-65-72(3,4)5)69(73)63-61-59-57-55-53-51-49-23-21-19-17-15-13-11-9-7-2/h8,10,14,16,20,22,25-26,28-29,31-32,34-35,37-38,40-41,43-44,46-47,50,52,68-69,73H,6-7,9,11-13,15,17-19,21,23-24,27,30,33,36,39,42,45,48-49,51,53-67H2,1-5H3,(H-,71,74,75,76)/p+1/b10-8-,16-14-,22-20-,26-25-,29-28-,32-31-,35-34-,38-37-,41-40-,44-43-,47-46-,52-50-. The molecule has 9 heteroatoms. The summed E-state index contributed by atoms with van der Waals surface area (Å²) in [6.45, 7) is 4.75. The zero-order valence-electron chi connectivity index (χ0n) is 51.3. The fraction of sp³-hybridized carbons (Fsp3) is 0.643. The topological polar surface area (TPSA) is 105 Å². The van der Waals surface area contributed by atoms with Crippen molar-refractivity contribution in [2.75, 3.05) is 40.9 Å². The first-order valence-corrected chi connectivity index (χ1v) is 33.2. The third-order valence-electron chi connectivity index (χ3n) is 13.4. The highest BCUT2D eigenvalue weighted by Crippen LogP contribution is 2.43. The number of aliphatic hydroxyl groups is 1. The molecule has 0 saturated heterocycles. The van der Waals surface area contributed by atoms with Gasteiger partial charge in [-0.05, 0) is 103 Å². The zero-order valence-corrected chi connectivity index (χ0v) is 52.2. The van der Waals surface area contributed by atoms with Crippen molar-refractivity contribution in [1.82, 2.24) is 5.32 Å². The second kappa shape index (κ2) is 59.0. The number of quaternary nitrogens is 1. The van der Waals surface area contributed by atoms with Crippen LogP contribution in [0, 0.1) is 0 Å². The Kier molecular flexibility index (Phi) is 56.3. The van der Waals surface area contributed by atoms with Crippen LogP contribution in [0.15, 0.2) is 146 Å². The SMILES string of the molecule is CC/C=C\C/C=C\C/C=C\C/C=C\C/C=C\C/C=C\C/C=C\C/C=C\C/C=C\C/C=C\C/C=C\C/C=C\CCCCCCC(=O)NC(COP(=O)(O)OCC[N+](C)(C)C)C(O)CCCCCCCCCCCCCCCCCC. The minimum Gasteiger partial charge on any atom is -0.391 e. The number of allylic oxidation sites excluding steroid dienone is 24. The molecule has 0 spiro atoms. The fourth-order valence-electron chi connectivity index (χ4n) is 8.44. The predicted octanol–water partition coefficient (Wildman–Crippen LogP) is 20.0. The molecule has 8 nitrogen and oxygen atoms in total. The molecular formula is C70H120N2O6P+. The number of carbonyl (C=O) groups is 1. The normalized spacial score (nSPS) is 14.8. The van der Waals surface area contributed by atoms with Gasteiger partial charge in [-0.15, -0.1) is 0 Å². The summed E-state index contributed by atoms with van der Waals surface area (Å²) in [6, 6.07) is -0.785. The number of phosphoric ester groups is 1. The number of likely N-dealkylation sites (N-methyl/N-ethyl adjacent to an activating group) is 1. The molecule has 1 amide bonds. The molecule has 0 rings (SSSR count). The lowest BCUT2D eigenvalue weighted by Crippen LogP contribution is -2.46. The number of carbonyl (C=O) groups excluding carboxylic acids is 1. The molecule has 0 saturated carbocycles. The summed E-state index contributed by atoms with van der Waals surface area (Å²) in [6.07, 6.45) is 90.6. The van der Waals surface area contributed by atoms with Crippen molar-refractivity contribution >= 4 is 13.7 Å². The van der Waals surface area contributed by atoms with Crippen LogP contribution >= 0.6 is 7.82 Å². The monoisotopic (exact) mass is 1120 g/mol. The quantitative estimate of drug-likeness (QED) is 0.0243. The number of unbranched alkanes of at least 4 members (excludes halogenated alkanes) is 19. The molecule has 0 bridgehead atoms. The average Bonchev–Trinajstić information content (AvgIpc) is 3.42. The molecule has 0 radical (unpaired) electrons. The van der Waals surface area contributed by atoms with Gasteiger partial charge in [-0.3, -0.25) is 13.8 Å². The zero-order chi connectivity index (χ0) is 57.7. The lowest BCUT2D eigenvalue weighted by atomic mass is 10.0. The van der Waals surface area contributed by atoms with Gasteiger partial charge in [0.2, 0.25) is 5.91 Å². The Morgan fingerprint density at radius 1 is 0.443 bits per heavy atom. The van der Waals surface area contributed by atoms with Crippen LogP contribution in [0.4, 0.5) is 0 Å². The van der Waals surface area contributed by atoms with Crippen LogP contribution in [0.2, 0.25) is 0 Å². The van der Waals surface area contributed by atoms with Gasteiger partial charge in [-0.2, -0.15) is 0 Å². The third kappa shape index (κ3) is 61.8. The first-order chi connectivity index (χ1) is 38.5. The maximum atomic E-state index is 13.0. The third-order valence-corrected chi connectivity index (χ3v) is 14.3. The van der Waals surface area contributed by atoms with E-state index in [2.05, 4.69) is 165 Å². The molecule has 0 fully saturated rings. The van der Waals surface area contributed by atoms with E-state index in [1.54, 1.807) is 0 Å². The number of aliphatic hydroxyl groups excluding tert-OH is 1. The van der Waals surface area contributed by atoms with Gasteiger partial charge in [0.1, 0.15) is 13.2 Å². The molecule has 450 valence electrons. The highest BCUT2D eigenvalue weighted by Gasteiger charge is 2.28. The number of nitrogens with zero attached hydrogens (tertiary/aromatic N) is 1. The largest absolute Gasteiger partial charge is 0.472 e. The summed E-state index contributed by atoms with van der Waals surface area (Å²) < 4.78 is 23.8. The molecule has 79 heavy (non-hydrogen) atoms. The Hall–Kier alpha value is -3.62. The van der Waals surface area contributed by atoms with E-state index in [0.29, 0.717) is 23.9 Å². The van der Waals surface area contributed by atoms with E-state index in [0.717, 1.165) is 128 Å². The molecule has 3 unspecified atom stereocenters. The van der Waals surface area contributed by atoms with Crippen molar-refractivity contribution in [3.05, 3.63) is 146 Å². The number of hydrogen-bond donors (Lipinski definition) is 3. The molecule has 3 N–H and O–H groups in total. The molecule has 0 aliphatic heterocycles. The number of nitrogens with one attached hydrogen (secondary N) is 1. The van der Waals surface area contributed by atoms with Crippen molar-refractivity contribution in [2.45, 2.75) is 251 Å². The first-order valence-electron chi connectivity index (χ1n) is 31.7. The number of rotatable bonds is 56. The first kappa shape index (κ1) is 75.4. The lowest BCUT2D eigenvalue weighted by molar-refractivity contribution is -0.870. The molecule has 0 aliphatic rings. The van der Waals surface area contributed by atoms with Gasteiger partial charge in [0.05, 0.1) is 39.9 Å². The Balaban J connectivity index is 4.18. The van der Waals surface area contributed by atoms with Gasteiger partial charge in [-0.1, -0.05) is 275 Å². The Morgan fingerprint density at radius 2 is 0.759 bits per heavy atom. The van der Waals surface area contributed by atoms with E-state index in [-0.39, 0.29) is 19.1 Å². The molecule has 0 aromatic heterocycles. The van der Waals surface area contributed by atoms with Crippen LogP contribution in [0.1, 0.15) is 239 Å². The summed E-state index contributed by atoms with van der Waals surface area (Å²) in [5.74, 6) is -0.174. The lowest BCUT2D eigenvalue weighted by Gasteiger charge is -2.26. The predicted molar refractivity (Wildman–Crippen MR) is 345 cm³/mol. The highest BCUT2D eigenvalue weighted by atomic mass is 31.2. The minimum absolute atomic E-state index is 0.0621. The molecule has 0 aliphatic carbocycles. The molecule has 3 atom stereocenters. The van der Waals surface area contributed by atoms with E-state index in [1.807, 2.05) is 21.1 Å². The van der Waals surface area contributed by atoms with Crippen LogP contribution < -0.4 is 5.32 Å². The van der Waals surface area contributed by atoms with E-state index < -0.39 is 20.0 Å². The second-order valence-corrected chi connectivity index (χ2v) is 23.5. The van der Waals surface area contributed by atoms with Gasteiger partial charge in [0.25, 0.3) is 0 Å². The van der Waals surface area contributed by atoms with E-state index in [9.17, 15) is 19.4 Å². The fourth-order valence-corrected chi connectivity index (χ4v) is 9.18. The van der Waals surface area contributed by atoms with Crippen molar-refractivity contribution in [1.29, 1.82) is 0 Å². The van der Waals surface area contributed by atoms with E-state index >= 15 is 0 Å². The second-order valence-electron chi connectivity index (χ2n) is 22.1. The average molecular weight is 1120 g/mol. The maximum Gasteiger partial charge on any atom is 0.472 e. The summed E-state index contributed by atoms with van der Waals surface area (Å²) >= 11 is 0. The van der Waals surface area contributed by atoms with Crippen LogP contribution in [-0.2, 0) is 18.4 Å². The number of amides is 1. The number of phosphoric acid groups is 1. The van der Waals surface area contributed by atoms with Crippen molar-refractivity contribution in [2.24, 2.45) is 0 Å². The minimum atomic E-state index is -4.34. The molecule has 0 aromatic rings. The van der Waals surface area contributed by atoms with Crippen LogP contribution in [-0.4, -0.2) is 73.4 Å². The van der Waals surface area contributed by atoms with Crippen molar-refractivity contribution in [3.63, 3.8) is 0 Å². The Labute approximate surface area is 487 Å². The van der Waals surface area contributed by atoms with Gasteiger partial charge < -0.3 is 19.8 Å². The summed E-state index contributed by atoms with van der Waals surface area (Å²) in [5.41, 5.74) is 0. The molecular weight excluding hydrogens is 996 g/mol. The highest BCUT2D eigenvalue weighted by molar-refractivity contribution is 7.47. The van der Waals surface area contributed by atoms with Crippen LogP contribution in [0.3, 0.4) is 0 Å². The van der Waals surface area contributed by atoms with E-state index in [1.165, 1.54) is 83.5 Å². The van der Waals surface area contributed by atoms with Crippen LogP contribution in [0.5, 0.6) is 0 Å². The molecule has 0 heterocycles. The van der Waals surface area contributed by atoms with Crippen molar-refractivity contribution in [3.8, 4) is 0 Å². The van der Waals surface area contributed by atoms with Crippen molar-refractivity contribution < 1.29 is 32.9 Å². The smallest absolute Gasteiger partial charge is 0.391 e. The van der Waals surface area contributed by atoms with Gasteiger partial charge in [0, 0.05) is 6.42 Å². The van der Waals surface area contributed by atoms with Gasteiger partial charge in [0.15, 0.2) is 0 Å². The van der Waals surface area contributed by atoms with Crippen LogP contribution in [0.25, 0.3) is 0 Å². The summed E-state index contributed by atoms with van der Waals surface area (Å²) in [7, 11) is 1.58. The Morgan fingerprint density at radius 3 is 1.11 bits per heavy atom. The Bertz CT molecular complexity index is 1790. The van der Waals surface area contributed by atoms with Gasteiger partial charge >= 0.3 is 7.82 Å². The maximum absolute atomic E-state index is 13.0. The van der Waals surface area contributed by atoms with Gasteiger partial charge in [-0.25, -0.2) is 4.57 Å². The summed E-state index contributed by atoms with van der Waals surface area (Å²) in [5, 5.41) is 14.0. The molecule has 0 aromatic carbocycles. The summed E-state index contributed by atoms with van der Waals surface area (Å²) in [4.78, 5) is 23.3. The van der Waals surface area contributed by atoms with E-state index in [4.69, 9.17) is 9.05 Å².